The highest BCUT2D eigenvalue weighted by atomic mass is 32.2. The minimum Gasteiger partial charge on any atom is -0.744 e. The average molecular weight is 468 g/mol. The zero-order valence-electron chi connectivity index (χ0n) is 20.6. The third-order valence-electron chi connectivity index (χ3n) is 11.6. The summed E-state index contributed by atoms with van der Waals surface area (Å²) in [4.78, 5) is 0.157. The summed E-state index contributed by atoms with van der Waals surface area (Å²) in [5, 5.41) is 0. The predicted molar refractivity (Wildman–Crippen MR) is 128 cm³/mol. The van der Waals surface area contributed by atoms with Gasteiger partial charge in [0, 0.05) is 0 Å². The summed E-state index contributed by atoms with van der Waals surface area (Å²) in [6.45, 7) is 6.27. The monoisotopic (exact) mass is 467 g/mol. The van der Waals surface area contributed by atoms with E-state index < -0.39 is 10.1 Å². The van der Waals surface area contributed by atoms with Crippen molar-refractivity contribution in [2.24, 2.45) is 35.5 Å². The van der Waals surface area contributed by atoms with E-state index in [1.165, 1.54) is 93.7 Å². The fourth-order valence-electron chi connectivity index (χ4n) is 12.0. The summed E-state index contributed by atoms with van der Waals surface area (Å²) in [6.07, 6.45) is 15.5. The van der Waals surface area contributed by atoms with Gasteiger partial charge in [-0.1, -0.05) is 0 Å². The molecule has 0 spiro atoms. The molecule has 4 heteroatoms. The van der Waals surface area contributed by atoms with Crippen LogP contribution >= 0.6 is 0 Å². The zero-order chi connectivity index (χ0) is 22.9. The maximum atomic E-state index is 12.8. The molecule has 0 heterocycles. The summed E-state index contributed by atoms with van der Waals surface area (Å²) in [7, 11) is -4.52. The van der Waals surface area contributed by atoms with E-state index in [4.69, 9.17) is 0 Å². The minimum absolute atomic E-state index is 0.104. The van der Waals surface area contributed by atoms with Gasteiger partial charge in [-0.25, -0.2) is 8.42 Å². The first-order valence-electron chi connectivity index (χ1n) is 13.7. The van der Waals surface area contributed by atoms with Gasteiger partial charge in [-0.2, -0.15) is 0 Å². The molecule has 8 saturated carbocycles. The van der Waals surface area contributed by atoms with Crippen molar-refractivity contribution >= 4 is 10.1 Å². The topological polar surface area (TPSA) is 57.2 Å². The Bertz CT molecular complexity index is 1000. The van der Waals surface area contributed by atoms with Crippen LogP contribution in [0.4, 0.5) is 0 Å². The molecule has 8 bridgehead atoms. The molecule has 0 atom stereocenters. The van der Waals surface area contributed by atoms with Crippen molar-refractivity contribution in [2.45, 2.75) is 114 Å². The highest BCUT2D eigenvalue weighted by Crippen LogP contribution is 2.65. The van der Waals surface area contributed by atoms with Crippen molar-refractivity contribution in [3.63, 3.8) is 0 Å². The second kappa shape index (κ2) is 6.66. The van der Waals surface area contributed by atoms with Crippen LogP contribution in [0.15, 0.2) is 4.90 Å². The van der Waals surface area contributed by atoms with Crippen molar-refractivity contribution in [3.8, 4) is 0 Å². The van der Waals surface area contributed by atoms with E-state index >= 15 is 0 Å². The Labute approximate surface area is 199 Å². The Morgan fingerprint density at radius 2 is 0.848 bits per heavy atom. The van der Waals surface area contributed by atoms with Gasteiger partial charge in [-0.05, 0) is 172 Å². The largest absolute Gasteiger partial charge is 0.744 e. The molecule has 1 aromatic rings. The van der Waals surface area contributed by atoms with Gasteiger partial charge in [0.15, 0.2) is 0 Å². The third-order valence-corrected chi connectivity index (χ3v) is 12.7. The van der Waals surface area contributed by atoms with E-state index in [1.807, 2.05) is 13.8 Å². The molecule has 0 aliphatic heterocycles. The molecule has 0 radical (unpaired) electrons. The Kier molecular flexibility index (Phi) is 4.32. The highest BCUT2D eigenvalue weighted by Gasteiger charge is 2.56. The highest BCUT2D eigenvalue weighted by molar-refractivity contribution is 7.85. The summed E-state index contributed by atoms with van der Waals surface area (Å²) in [5.41, 5.74) is 5.85. The maximum Gasteiger partial charge on any atom is 0.124 e. The SMILES string of the molecule is Cc1c(C23CC4CC(CC(C4)C2)C3)c(C)c(S(=O)(=O)[O-])c(C)c1C12CC3CC(CC(C3)C1)C2. The van der Waals surface area contributed by atoms with E-state index in [0.717, 1.165) is 46.6 Å². The standard InChI is InChI=1S/C29H40O3S/c1-16-25(28-10-19-4-20(11-28)6-21(5-19)12-28)17(2)27(33(30,31)32)18(3)26(16)29-13-22-7-23(14-29)9-24(8-22)15-29/h19-24H,4-15H2,1-3H3,(H,30,31,32)/p-1. The normalized spacial score (nSPS) is 45.2. The zero-order valence-corrected chi connectivity index (χ0v) is 21.4. The molecule has 0 unspecified atom stereocenters. The lowest BCUT2D eigenvalue weighted by molar-refractivity contribution is -0.00951. The van der Waals surface area contributed by atoms with E-state index in [2.05, 4.69) is 6.92 Å². The van der Waals surface area contributed by atoms with Crippen LogP contribution in [0.5, 0.6) is 0 Å². The van der Waals surface area contributed by atoms with E-state index in [-0.39, 0.29) is 15.7 Å². The van der Waals surface area contributed by atoms with Crippen molar-refractivity contribution in [1.82, 2.24) is 0 Å². The van der Waals surface area contributed by atoms with Gasteiger partial charge >= 0.3 is 0 Å². The van der Waals surface area contributed by atoms with E-state index in [0.29, 0.717) is 0 Å². The molecule has 0 N–H and O–H groups in total. The molecule has 8 fully saturated rings. The van der Waals surface area contributed by atoms with Crippen LogP contribution in [-0.2, 0) is 20.9 Å². The second-order valence-corrected chi connectivity index (χ2v) is 15.1. The molecular formula is C29H39O3S-. The van der Waals surface area contributed by atoms with Crippen molar-refractivity contribution < 1.29 is 13.0 Å². The molecule has 8 aliphatic rings. The lowest BCUT2D eigenvalue weighted by Gasteiger charge is -2.60. The van der Waals surface area contributed by atoms with Gasteiger partial charge in [-0.3, -0.25) is 0 Å². The van der Waals surface area contributed by atoms with Crippen LogP contribution in [0, 0.1) is 56.3 Å². The van der Waals surface area contributed by atoms with E-state index in [1.54, 1.807) is 0 Å². The number of rotatable bonds is 3. The fraction of sp³-hybridized carbons (Fsp3) is 0.793. The Morgan fingerprint density at radius 3 is 1.09 bits per heavy atom. The van der Waals surface area contributed by atoms with Crippen molar-refractivity contribution in [2.75, 3.05) is 0 Å². The molecule has 3 nitrogen and oxygen atoms in total. The lowest BCUT2D eigenvalue weighted by atomic mass is 9.45. The first-order chi connectivity index (χ1) is 15.6. The Hall–Kier alpha value is -0.870. The van der Waals surface area contributed by atoms with Crippen molar-refractivity contribution in [3.05, 3.63) is 27.8 Å². The third kappa shape index (κ3) is 2.92. The van der Waals surface area contributed by atoms with Crippen LogP contribution in [0.1, 0.15) is 105 Å². The van der Waals surface area contributed by atoms with Gasteiger partial charge in [-0.15, -0.1) is 0 Å². The summed E-state index contributed by atoms with van der Waals surface area (Å²) < 4.78 is 38.4. The molecule has 8 aliphatic carbocycles. The van der Waals surface area contributed by atoms with Crippen LogP contribution in [-0.4, -0.2) is 13.0 Å². The minimum atomic E-state index is -4.52. The fourth-order valence-corrected chi connectivity index (χ4v) is 12.9. The number of benzene rings is 1. The van der Waals surface area contributed by atoms with E-state index in [9.17, 15) is 13.0 Å². The summed E-state index contributed by atoms with van der Waals surface area (Å²) >= 11 is 0. The molecule has 0 saturated heterocycles. The molecule has 180 valence electrons. The van der Waals surface area contributed by atoms with Crippen LogP contribution < -0.4 is 0 Å². The quantitative estimate of drug-likeness (QED) is 0.480. The molecule has 0 aromatic heterocycles. The Morgan fingerprint density at radius 1 is 0.576 bits per heavy atom. The van der Waals surface area contributed by atoms with Crippen molar-refractivity contribution in [1.29, 1.82) is 0 Å². The maximum absolute atomic E-state index is 12.8. The molecule has 1 aromatic carbocycles. The van der Waals surface area contributed by atoms with Crippen LogP contribution in [0.25, 0.3) is 0 Å². The Balaban J connectivity index is 1.49. The smallest absolute Gasteiger partial charge is 0.124 e. The number of hydrogen-bond acceptors (Lipinski definition) is 3. The van der Waals surface area contributed by atoms with Gasteiger partial charge in [0.25, 0.3) is 0 Å². The van der Waals surface area contributed by atoms with Crippen LogP contribution in [0.2, 0.25) is 0 Å². The lowest BCUT2D eigenvalue weighted by Crippen LogP contribution is -2.51. The van der Waals surface area contributed by atoms with Gasteiger partial charge in [0.05, 0.1) is 4.90 Å². The first kappa shape index (κ1) is 21.4. The second-order valence-electron chi connectivity index (χ2n) is 13.8. The number of hydrogen-bond donors (Lipinski definition) is 0. The predicted octanol–water partition coefficient (Wildman–Crippen LogP) is 6.45. The average Bonchev–Trinajstić information content (AvgIpc) is 2.63. The molecule has 33 heavy (non-hydrogen) atoms. The molecule has 0 amide bonds. The molecular weight excluding hydrogens is 428 g/mol. The summed E-state index contributed by atoms with van der Waals surface area (Å²) in [6, 6.07) is 0. The molecule has 9 rings (SSSR count). The van der Waals surface area contributed by atoms with Gasteiger partial charge in [0.2, 0.25) is 0 Å². The first-order valence-corrected chi connectivity index (χ1v) is 15.1. The van der Waals surface area contributed by atoms with Gasteiger partial charge in [0.1, 0.15) is 10.1 Å². The summed E-state index contributed by atoms with van der Waals surface area (Å²) in [5.74, 6) is 4.79. The van der Waals surface area contributed by atoms with Crippen LogP contribution in [0.3, 0.4) is 0 Å². The van der Waals surface area contributed by atoms with Gasteiger partial charge < -0.3 is 4.55 Å².